The van der Waals surface area contributed by atoms with Crippen molar-refractivity contribution in [1.29, 1.82) is 0 Å². The van der Waals surface area contributed by atoms with Crippen molar-refractivity contribution in [1.82, 2.24) is 0 Å². The minimum atomic E-state index is -1.01. The molecular weight excluding hydrogens is 234 g/mol. The monoisotopic (exact) mass is 251 g/mol. The second kappa shape index (κ2) is 5.64. The Hall–Kier alpha value is -1.88. The van der Waals surface area contributed by atoms with Crippen molar-refractivity contribution < 1.29 is 19.4 Å². The molecule has 1 aromatic rings. The summed E-state index contributed by atoms with van der Waals surface area (Å²) >= 11 is 0. The van der Waals surface area contributed by atoms with E-state index in [9.17, 15) is 9.59 Å². The summed E-state index contributed by atoms with van der Waals surface area (Å²) in [5.74, 6) is -1.32. The van der Waals surface area contributed by atoms with Gasteiger partial charge in [-0.3, -0.25) is 4.79 Å². The fourth-order valence-corrected chi connectivity index (χ4v) is 1.50. The van der Waals surface area contributed by atoms with Crippen LogP contribution in [-0.2, 0) is 9.53 Å². The summed E-state index contributed by atoms with van der Waals surface area (Å²) in [5, 5.41) is 11.7. The third-order valence-corrected chi connectivity index (χ3v) is 2.89. The summed E-state index contributed by atoms with van der Waals surface area (Å²) in [4.78, 5) is 22.7. The van der Waals surface area contributed by atoms with Crippen molar-refractivity contribution in [2.24, 2.45) is 0 Å². The molecule has 0 aromatic heterocycles. The molecule has 1 atom stereocenters. The standard InChI is InChI=1S/C13H17NO4/c1-7-5-10(14-12(15)9(3)18-4)6-11(8(7)2)13(16)17/h5-6,9H,1-4H3,(H,14,15)(H,16,17). The van der Waals surface area contributed by atoms with Crippen LogP contribution in [0.2, 0.25) is 0 Å². The number of aryl methyl sites for hydroxylation is 1. The van der Waals surface area contributed by atoms with E-state index in [2.05, 4.69) is 5.32 Å². The lowest BCUT2D eigenvalue weighted by Crippen LogP contribution is -2.26. The van der Waals surface area contributed by atoms with Crippen LogP contribution in [0.4, 0.5) is 5.69 Å². The maximum Gasteiger partial charge on any atom is 0.336 e. The van der Waals surface area contributed by atoms with Crippen molar-refractivity contribution >= 4 is 17.6 Å². The Morgan fingerprint density at radius 1 is 1.33 bits per heavy atom. The van der Waals surface area contributed by atoms with E-state index in [0.717, 1.165) is 5.56 Å². The lowest BCUT2D eigenvalue weighted by molar-refractivity contribution is -0.124. The lowest BCUT2D eigenvalue weighted by atomic mass is 10.0. The van der Waals surface area contributed by atoms with Crippen LogP contribution >= 0.6 is 0 Å². The minimum Gasteiger partial charge on any atom is -0.478 e. The first kappa shape index (κ1) is 14.2. The molecule has 0 bridgehead atoms. The van der Waals surface area contributed by atoms with Crippen LogP contribution in [-0.4, -0.2) is 30.2 Å². The summed E-state index contributed by atoms with van der Waals surface area (Å²) in [6.07, 6.45) is -0.583. The van der Waals surface area contributed by atoms with Gasteiger partial charge in [0, 0.05) is 12.8 Å². The van der Waals surface area contributed by atoms with Crippen LogP contribution < -0.4 is 5.32 Å². The highest BCUT2D eigenvalue weighted by molar-refractivity contribution is 5.96. The summed E-state index contributed by atoms with van der Waals surface area (Å²) in [6.45, 7) is 5.16. The Morgan fingerprint density at radius 3 is 2.44 bits per heavy atom. The molecule has 0 heterocycles. The summed E-state index contributed by atoms with van der Waals surface area (Å²) in [5.41, 5.74) is 2.16. The lowest BCUT2D eigenvalue weighted by Gasteiger charge is -2.13. The molecule has 0 aliphatic heterocycles. The quantitative estimate of drug-likeness (QED) is 0.857. The van der Waals surface area contributed by atoms with E-state index in [4.69, 9.17) is 9.84 Å². The van der Waals surface area contributed by atoms with Crippen LogP contribution in [0, 0.1) is 13.8 Å². The number of methoxy groups -OCH3 is 1. The molecule has 2 N–H and O–H groups in total. The molecular formula is C13H17NO4. The molecule has 0 spiro atoms. The largest absolute Gasteiger partial charge is 0.478 e. The predicted octanol–water partition coefficient (Wildman–Crippen LogP) is 1.98. The van der Waals surface area contributed by atoms with Gasteiger partial charge >= 0.3 is 5.97 Å². The van der Waals surface area contributed by atoms with Gasteiger partial charge in [0.15, 0.2) is 0 Å². The number of ether oxygens (including phenoxy) is 1. The average Bonchev–Trinajstić information content (AvgIpc) is 2.31. The molecule has 1 amide bonds. The third kappa shape index (κ3) is 3.07. The number of anilines is 1. The highest BCUT2D eigenvalue weighted by Gasteiger charge is 2.15. The Morgan fingerprint density at radius 2 is 1.94 bits per heavy atom. The van der Waals surface area contributed by atoms with Gasteiger partial charge in [-0.25, -0.2) is 4.79 Å². The van der Waals surface area contributed by atoms with Crippen molar-refractivity contribution in [2.75, 3.05) is 12.4 Å². The molecule has 1 rings (SSSR count). The molecule has 0 aliphatic rings. The zero-order valence-corrected chi connectivity index (χ0v) is 10.9. The van der Waals surface area contributed by atoms with Gasteiger partial charge in [0.2, 0.25) is 0 Å². The SMILES string of the molecule is COC(C)C(=O)Nc1cc(C)c(C)c(C(=O)O)c1. The zero-order chi connectivity index (χ0) is 13.9. The van der Waals surface area contributed by atoms with Crippen molar-refractivity contribution in [3.8, 4) is 0 Å². The maximum absolute atomic E-state index is 11.6. The van der Waals surface area contributed by atoms with E-state index in [1.165, 1.54) is 13.2 Å². The number of hydrogen-bond acceptors (Lipinski definition) is 3. The van der Waals surface area contributed by atoms with Gasteiger partial charge < -0.3 is 15.2 Å². The van der Waals surface area contributed by atoms with Crippen LogP contribution in [0.25, 0.3) is 0 Å². The Labute approximate surface area is 106 Å². The van der Waals surface area contributed by atoms with E-state index >= 15 is 0 Å². The number of rotatable bonds is 4. The molecule has 1 aromatic carbocycles. The van der Waals surface area contributed by atoms with Gasteiger partial charge in [0.05, 0.1) is 5.56 Å². The zero-order valence-electron chi connectivity index (χ0n) is 10.9. The average molecular weight is 251 g/mol. The van der Waals surface area contributed by atoms with E-state index in [-0.39, 0.29) is 11.5 Å². The Kier molecular flexibility index (Phi) is 4.44. The highest BCUT2D eigenvalue weighted by atomic mass is 16.5. The van der Waals surface area contributed by atoms with Gasteiger partial charge in [-0.05, 0) is 44.0 Å². The van der Waals surface area contributed by atoms with Crippen LogP contribution in [0.1, 0.15) is 28.4 Å². The number of hydrogen-bond donors (Lipinski definition) is 2. The van der Waals surface area contributed by atoms with Gasteiger partial charge in [-0.2, -0.15) is 0 Å². The molecule has 0 saturated heterocycles. The molecule has 5 nitrogen and oxygen atoms in total. The molecule has 5 heteroatoms. The summed E-state index contributed by atoms with van der Waals surface area (Å²) in [7, 11) is 1.44. The third-order valence-electron chi connectivity index (χ3n) is 2.89. The summed E-state index contributed by atoms with van der Waals surface area (Å²) in [6, 6.07) is 3.19. The van der Waals surface area contributed by atoms with Crippen LogP contribution in [0.5, 0.6) is 0 Å². The van der Waals surface area contributed by atoms with Gasteiger partial charge in [-0.1, -0.05) is 0 Å². The molecule has 1 unspecified atom stereocenters. The number of carbonyl (C=O) groups is 2. The second-order valence-electron chi connectivity index (χ2n) is 4.14. The molecule has 0 saturated carbocycles. The van der Waals surface area contributed by atoms with E-state index in [1.807, 2.05) is 0 Å². The number of amides is 1. The maximum atomic E-state index is 11.6. The number of carboxylic acid groups (broad SMARTS) is 1. The highest BCUT2D eigenvalue weighted by Crippen LogP contribution is 2.20. The van der Waals surface area contributed by atoms with Crippen molar-refractivity contribution in [3.05, 3.63) is 28.8 Å². The van der Waals surface area contributed by atoms with Gasteiger partial charge in [-0.15, -0.1) is 0 Å². The van der Waals surface area contributed by atoms with Crippen LogP contribution in [0.3, 0.4) is 0 Å². The number of benzene rings is 1. The number of aromatic carboxylic acids is 1. The first-order valence-electron chi connectivity index (χ1n) is 5.55. The predicted molar refractivity (Wildman–Crippen MR) is 68.0 cm³/mol. The fourth-order valence-electron chi connectivity index (χ4n) is 1.50. The van der Waals surface area contributed by atoms with E-state index in [0.29, 0.717) is 11.3 Å². The molecule has 98 valence electrons. The first-order chi connectivity index (χ1) is 8.36. The molecule has 0 aliphatic carbocycles. The Bertz CT molecular complexity index is 482. The minimum absolute atomic E-state index is 0.190. The number of nitrogens with one attached hydrogen (secondary N) is 1. The smallest absolute Gasteiger partial charge is 0.336 e. The van der Waals surface area contributed by atoms with Gasteiger partial charge in [0.1, 0.15) is 6.10 Å². The molecule has 18 heavy (non-hydrogen) atoms. The van der Waals surface area contributed by atoms with Crippen molar-refractivity contribution in [2.45, 2.75) is 26.9 Å². The first-order valence-corrected chi connectivity index (χ1v) is 5.55. The van der Waals surface area contributed by atoms with Crippen LogP contribution in [0.15, 0.2) is 12.1 Å². The molecule has 0 radical (unpaired) electrons. The normalized spacial score (nSPS) is 12.0. The fraction of sp³-hybridized carbons (Fsp3) is 0.385. The molecule has 0 fully saturated rings. The topological polar surface area (TPSA) is 75.6 Å². The van der Waals surface area contributed by atoms with E-state index in [1.54, 1.807) is 26.8 Å². The Balaban J connectivity index is 3.05. The number of carboxylic acids is 1. The van der Waals surface area contributed by atoms with Crippen molar-refractivity contribution in [3.63, 3.8) is 0 Å². The summed E-state index contributed by atoms with van der Waals surface area (Å²) < 4.78 is 4.89. The second-order valence-corrected chi connectivity index (χ2v) is 4.14. The van der Waals surface area contributed by atoms with Gasteiger partial charge in [0.25, 0.3) is 5.91 Å². The number of carbonyl (C=O) groups excluding carboxylic acids is 1. The van der Waals surface area contributed by atoms with E-state index < -0.39 is 12.1 Å².